The minimum absolute atomic E-state index is 0.217. The number of rotatable bonds is 10. The van der Waals surface area contributed by atoms with E-state index in [-0.39, 0.29) is 41.9 Å². The van der Waals surface area contributed by atoms with Crippen LogP contribution in [0.15, 0.2) is 200 Å². The number of nitrogens with zero attached hydrogens (tertiary/aromatic N) is 2. The molecule has 0 fully saturated rings. The van der Waals surface area contributed by atoms with Crippen molar-refractivity contribution in [3.8, 4) is 35.3 Å². The second-order valence-electron chi connectivity index (χ2n) is 29.7. The minimum atomic E-state index is -1.83. The number of nitrogens with one attached hydrogen (secondary N) is 5. The van der Waals surface area contributed by atoms with Gasteiger partial charge in [0.2, 0.25) is 0 Å². The topological polar surface area (TPSA) is 281 Å². The molecule has 0 saturated heterocycles. The van der Waals surface area contributed by atoms with Crippen LogP contribution in [-0.4, -0.2) is 146 Å². The van der Waals surface area contributed by atoms with Gasteiger partial charge < -0.3 is 54.4 Å². The largest absolute Gasteiger partial charge is 0.468 e. The van der Waals surface area contributed by atoms with Gasteiger partial charge in [0.1, 0.15) is 69.9 Å². The number of fused-ring (bicyclic) bond motifs is 10. The van der Waals surface area contributed by atoms with Crippen LogP contribution in [0.5, 0.6) is 0 Å². The van der Waals surface area contributed by atoms with E-state index in [1.807, 2.05) is 103 Å². The standard InChI is InChI=1S/C25H25FN2O3Si.C22H17FN2O3.C19H17FN2O2.C12H14N2O2.C7H5FO.C6H9ClOSi/c1-31-25(30)21-15-19-18-7-5-6-8-20(18)27-23(19)24(16-9-11-17(26)12-10-16)28(21)22(29)13-14-32(2,3)4;1-3-19(26)25-18(22(27)28-2)12-16-15-6-4-5-7-17(15)24-20(16)21(25)13-8-10-14(23)11-9-13;1-24-19(23)16-10-14-13-4-2-3-5-15(13)21-18(14)17(22-16)11-6-8-12(20)9-7-11;1-16-12(15)10(13)6-8-7-14-11-5-3-2-4-9(8)11;8-7-3-1-6(5-9)2-4-7;1-9(2,3)5-4-6(7)8/h5-12,21,24,27H,15H2,1-4H3;1,4-11,18,21,24H,12H2,2H3;2-9,16-17,21-22H,10H2,1H3;2-5,7,10,14H,6,13H2,1H3;1-5H;1-3H3/t21-,24+;18-,21+;16-,17?;10-;;/m1111../s1. The molecule has 0 radical (unpaired) electrons. The summed E-state index contributed by atoms with van der Waals surface area (Å²) in [7, 11) is 2.11. The summed E-state index contributed by atoms with van der Waals surface area (Å²) >= 11 is 4.99. The molecule has 7 heterocycles. The fourth-order valence-electron chi connectivity index (χ4n) is 14.1. The molecular formula is C91H87ClF4N8O12Si2. The number of aldehydes is 1. The third-order valence-corrected chi connectivity index (χ3v) is 21.3. The second kappa shape index (κ2) is 39.2. The van der Waals surface area contributed by atoms with Crippen LogP contribution >= 0.6 is 11.6 Å². The van der Waals surface area contributed by atoms with E-state index < -0.39 is 87.2 Å². The molecule has 12 aromatic rings. The van der Waals surface area contributed by atoms with Crippen molar-refractivity contribution < 1.29 is 74.9 Å². The van der Waals surface area contributed by atoms with Crippen molar-refractivity contribution in [2.75, 3.05) is 28.4 Å². The van der Waals surface area contributed by atoms with Gasteiger partial charge in [-0.1, -0.05) is 148 Å². The number of terminal acetylenes is 1. The number of aromatic amines is 4. The number of nitrogens with two attached hydrogens (primary N) is 1. The zero-order chi connectivity index (χ0) is 85.3. The van der Waals surface area contributed by atoms with Gasteiger partial charge in [-0.15, -0.1) is 17.5 Å². The Morgan fingerprint density at radius 1 is 0.500 bits per heavy atom. The van der Waals surface area contributed by atoms with E-state index in [9.17, 15) is 55.9 Å². The third-order valence-electron chi connectivity index (χ3n) is 19.5. The molecule has 118 heavy (non-hydrogen) atoms. The second-order valence-corrected chi connectivity index (χ2v) is 39.6. The highest BCUT2D eigenvalue weighted by Gasteiger charge is 2.46. The Kier molecular flexibility index (Phi) is 29.1. The maximum absolute atomic E-state index is 13.7. The van der Waals surface area contributed by atoms with E-state index in [0.29, 0.717) is 42.2 Å². The monoisotopic (exact) mass is 1650 g/mol. The number of amides is 2. The predicted molar refractivity (Wildman–Crippen MR) is 451 cm³/mol. The van der Waals surface area contributed by atoms with E-state index in [2.05, 4.69) is 98.1 Å². The van der Waals surface area contributed by atoms with Gasteiger partial charge in [-0.05, 0) is 153 Å². The maximum Gasteiger partial charge on any atom is 0.328 e. The van der Waals surface area contributed by atoms with E-state index in [0.717, 1.165) is 88.5 Å². The number of methoxy groups -OCH3 is 4. The van der Waals surface area contributed by atoms with Crippen molar-refractivity contribution in [1.82, 2.24) is 35.1 Å². The lowest BCUT2D eigenvalue weighted by atomic mass is 9.88. The van der Waals surface area contributed by atoms with Crippen LogP contribution in [0.3, 0.4) is 0 Å². The Bertz CT molecular complexity index is 5850. The Morgan fingerprint density at radius 3 is 1.28 bits per heavy atom. The number of benzene rings is 8. The Balaban J connectivity index is 0.000000157. The molecule has 15 rings (SSSR count). The first-order chi connectivity index (χ1) is 56.4. The van der Waals surface area contributed by atoms with Gasteiger partial charge in [-0.2, -0.15) is 0 Å². The van der Waals surface area contributed by atoms with Crippen molar-refractivity contribution in [2.24, 2.45) is 5.73 Å². The first-order valence-corrected chi connectivity index (χ1v) is 44.8. The minimum Gasteiger partial charge on any atom is -0.468 e. The number of halogens is 5. The van der Waals surface area contributed by atoms with Crippen LogP contribution in [-0.2, 0) is 78.2 Å². The molecule has 606 valence electrons. The van der Waals surface area contributed by atoms with Crippen LogP contribution in [0, 0.1) is 58.5 Å². The van der Waals surface area contributed by atoms with Crippen molar-refractivity contribution >= 4 is 119 Å². The van der Waals surface area contributed by atoms with Crippen LogP contribution in [0.1, 0.15) is 84.5 Å². The summed E-state index contributed by atoms with van der Waals surface area (Å²) in [6.45, 7) is 12.3. The molecule has 7 atom stereocenters. The van der Waals surface area contributed by atoms with Gasteiger partial charge in [0.25, 0.3) is 17.1 Å². The van der Waals surface area contributed by atoms with E-state index in [1.165, 1.54) is 98.9 Å². The molecule has 7 N–H and O–H groups in total. The lowest BCUT2D eigenvalue weighted by Gasteiger charge is -2.39. The quantitative estimate of drug-likeness (QED) is 0.0141. The van der Waals surface area contributed by atoms with Crippen LogP contribution in [0.4, 0.5) is 17.6 Å². The number of hydrogen-bond donors (Lipinski definition) is 6. The van der Waals surface area contributed by atoms with Gasteiger partial charge in [-0.3, -0.25) is 34.1 Å². The number of para-hydroxylation sites is 4. The summed E-state index contributed by atoms with van der Waals surface area (Å²) in [5, 5.41) is 6.93. The molecule has 4 aromatic heterocycles. The van der Waals surface area contributed by atoms with Crippen molar-refractivity contribution in [1.29, 1.82) is 0 Å². The molecule has 8 aromatic carbocycles. The molecular weight excluding hydrogens is 1560 g/mol. The van der Waals surface area contributed by atoms with E-state index >= 15 is 0 Å². The molecule has 2 amide bonds. The highest BCUT2D eigenvalue weighted by atomic mass is 35.5. The number of H-pyrrole nitrogens is 4. The number of esters is 4. The van der Waals surface area contributed by atoms with E-state index in [1.54, 1.807) is 36.4 Å². The van der Waals surface area contributed by atoms with Gasteiger partial charge in [0.15, 0.2) is 0 Å². The Labute approximate surface area is 686 Å². The molecule has 0 saturated carbocycles. The Hall–Kier alpha value is -12.9. The number of ether oxygens (including phenoxy) is 4. The molecule has 0 spiro atoms. The van der Waals surface area contributed by atoms with Crippen molar-refractivity contribution in [2.45, 2.75) is 107 Å². The van der Waals surface area contributed by atoms with Crippen molar-refractivity contribution in [3.63, 3.8) is 0 Å². The summed E-state index contributed by atoms with van der Waals surface area (Å²) in [4.78, 5) is 111. The first kappa shape index (κ1) is 87.5. The highest BCUT2D eigenvalue weighted by molar-refractivity contribution is 6.85. The fraction of sp³-hybridized carbons (Fsp3) is 0.231. The lowest BCUT2D eigenvalue weighted by molar-refractivity contribution is -0.153. The first-order valence-electron chi connectivity index (χ1n) is 37.4. The molecule has 0 bridgehead atoms. The SMILES string of the molecule is C#CC(=O)N1[C@@H](c2ccc(F)cc2)c2[nH]c3ccccc3c2C[C@@H]1C(=O)OC.COC(=O)[C@H](N)Cc1c[nH]c2ccccc12.COC(=O)[C@H]1Cc2c([nH]c3ccccc23)C(c2ccc(F)cc2)N1.COC(=O)[C@H]1Cc2c([nH]c3ccccc23)[C@H](c2ccc(F)cc2)N1C(=O)C#C[Si](C)(C)C.C[Si](C)(C)C#CC(=O)Cl.O=Cc1ccc(F)cc1. The smallest absolute Gasteiger partial charge is 0.328 e. The number of hydrogen-bond acceptors (Lipinski definition) is 14. The lowest BCUT2D eigenvalue weighted by Crippen LogP contribution is -2.51. The van der Waals surface area contributed by atoms with Gasteiger partial charge in [0, 0.05) is 98.1 Å². The normalized spacial score (nSPS) is 16.4. The van der Waals surface area contributed by atoms with Crippen LogP contribution in [0.25, 0.3) is 43.6 Å². The molecule has 20 nitrogen and oxygen atoms in total. The summed E-state index contributed by atoms with van der Waals surface area (Å²) in [5.74, 6) is 3.04. The van der Waals surface area contributed by atoms with Gasteiger partial charge >= 0.3 is 23.9 Å². The Morgan fingerprint density at radius 2 is 0.881 bits per heavy atom. The van der Waals surface area contributed by atoms with Crippen molar-refractivity contribution in [3.05, 3.63) is 285 Å². The van der Waals surface area contributed by atoms with Crippen LogP contribution < -0.4 is 11.1 Å². The molecule has 0 aliphatic carbocycles. The number of carbonyl (C=O) groups excluding carboxylic acids is 8. The summed E-state index contributed by atoms with van der Waals surface area (Å²) in [6.07, 6.45) is 9.59. The zero-order valence-electron chi connectivity index (χ0n) is 66.3. The molecule has 27 heteroatoms. The third kappa shape index (κ3) is 21.4. The fourth-order valence-corrected chi connectivity index (χ4v) is 15.2. The van der Waals surface area contributed by atoms with Crippen LogP contribution in [0.2, 0.25) is 39.3 Å². The molecule has 3 aliphatic heterocycles. The number of carbonyl (C=O) groups is 8. The summed E-state index contributed by atoms with van der Waals surface area (Å²) in [5.41, 5.74) is 24.9. The average Bonchev–Trinajstić information content (AvgIpc) is 1.63. The summed E-state index contributed by atoms with van der Waals surface area (Å²) in [6, 6.07) is 50.7. The molecule has 1 unspecified atom stereocenters. The highest BCUT2D eigenvalue weighted by Crippen LogP contribution is 2.44. The number of aromatic nitrogens is 4. The predicted octanol–water partition coefficient (Wildman–Crippen LogP) is 14.7. The maximum atomic E-state index is 13.7. The zero-order valence-corrected chi connectivity index (χ0v) is 69.1. The molecule has 3 aliphatic rings. The van der Waals surface area contributed by atoms with E-state index in [4.69, 9.17) is 38.0 Å². The average molecular weight is 1650 g/mol. The van der Waals surface area contributed by atoms with Gasteiger partial charge in [-0.25, -0.2) is 27.2 Å². The summed E-state index contributed by atoms with van der Waals surface area (Å²) < 4.78 is 72.1. The van der Waals surface area contributed by atoms with Gasteiger partial charge in [0.05, 0.1) is 46.6 Å².